The smallest absolute Gasteiger partial charge is 0.256 e. The maximum absolute atomic E-state index is 5.87. The minimum Gasteiger partial charge on any atom is -0.324 e. The van der Waals surface area contributed by atoms with Crippen molar-refractivity contribution in [2.75, 3.05) is 0 Å². The summed E-state index contributed by atoms with van der Waals surface area (Å²) in [7, 11) is 0. The molecule has 0 aliphatic rings. The van der Waals surface area contributed by atoms with Crippen molar-refractivity contribution in [1.29, 1.82) is 0 Å². The minimum atomic E-state index is 0.298. The Kier molecular flexibility index (Phi) is 1.67. The largest absolute Gasteiger partial charge is 0.324 e. The Morgan fingerprint density at radius 3 is 3.08 bits per heavy atom. The first kappa shape index (κ1) is 7.45. The summed E-state index contributed by atoms with van der Waals surface area (Å²) >= 11 is 5.87. The molecule has 6 heteroatoms. The van der Waals surface area contributed by atoms with Gasteiger partial charge in [-0.1, -0.05) is 11.6 Å². The number of halogens is 1. The number of fused-ring (bicyclic) bond motifs is 1. The highest BCUT2D eigenvalue weighted by molar-refractivity contribution is 6.29. The summed E-state index contributed by atoms with van der Waals surface area (Å²) in [5.74, 6) is 1.09. The molecule has 2 aromatic heterocycles. The molecule has 62 valence electrons. The van der Waals surface area contributed by atoms with E-state index in [1.165, 1.54) is 0 Å². The second-order valence-corrected chi connectivity index (χ2v) is 2.61. The van der Waals surface area contributed by atoms with Gasteiger partial charge < -0.3 is 5.73 Å². The molecule has 0 saturated heterocycles. The van der Waals surface area contributed by atoms with Crippen LogP contribution in [0.25, 0.3) is 5.78 Å². The van der Waals surface area contributed by atoms with Crippen molar-refractivity contribution in [3.63, 3.8) is 0 Å². The normalized spacial score (nSPS) is 10.8. The molecule has 0 saturated carbocycles. The van der Waals surface area contributed by atoms with Crippen LogP contribution in [0.1, 0.15) is 5.82 Å². The lowest BCUT2D eigenvalue weighted by molar-refractivity contribution is 0.881. The fourth-order valence-corrected chi connectivity index (χ4v) is 1.21. The monoisotopic (exact) mass is 183 g/mol. The molecule has 0 amide bonds. The van der Waals surface area contributed by atoms with Crippen molar-refractivity contribution in [3.8, 4) is 0 Å². The number of rotatable bonds is 1. The Labute approximate surface area is 73.2 Å². The molecular weight excluding hydrogens is 178 g/mol. The van der Waals surface area contributed by atoms with Crippen LogP contribution in [0.2, 0.25) is 5.15 Å². The first-order valence-corrected chi connectivity index (χ1v) is 3.75. The average Bonchev–Trinajstić information content (AvgIpc) is 2.49. The van der Waals surface area contributed by atoms with Gasteiger partial charge >= 0.3 is 0 Å². The average molecular weight is 184 g/mol. The molecule has 0 bridgehead atoms. The zero-order valence-electron chi connectivity index (χ0n) is 6.11. The van der Waals surface area contributed by atoms with Gasteiger partial charge in [0.2, 0.25) is 0 Å². The molecule has 12 heavy (non-hydrogen) atoms. The fourth-order valence-electron chi connectivity index (χ4n) is 0.982. The van der Waals surface area contributed by atoms with E-state index in [1.54, 1.807) is 16.7 Å². The third-order valence-corrected chi connectivity index (χ3v) is 1.81. The molecule has 2 heterocycles. The van der Waals surface area contributed by atoms with Gasteiger partial charge in [0.05, 0.1) is 6.54 Å². The second-order valence-electron chi connectivity index (χ2n) is 2.22. The zero-order valence-corrected chi connectivity index (χ0v) is 6.86. The van der Waals surface area contributed by atoms with Gasteiger partial charge in [0.1, 0.15) is 5.15 Å². The highest BCUT2D eigenvalue weighted by Crippen LogP contribution is 2.10. The molecular formula is C6H6ClN5. The lowest BCUT2D eigenvalue weighted by Gasteiger charge is -1.96. The second kappa shape index (κ2) is 2.69. The molecule has 2 rings (SSSR count). The van der Waals surface area contributed by atoms with Crippen LogP contribution in [0, 0.1) is 0 Å². The van der Waals surface area contributed by atoms with Gasteiger partial charge in [-0.05, 0) is 6.07 Å². The van der Waals surface area contributed by atoms with Crippen LogP contribution in [-0.4, -0.2) is 19.6 Å². The summed E-state index contributed by atoms with van der Waals surface area (Å²) in [4.78, 5) is 3.96. The van der Waals surface area contributed by atoms with E-state index in [2.05, 4.69) is 15.2 Å². The van der Waals surface area contributed by atoms with Gasteiger partial charge in [-0.15, -0.1) is 10.2 Å². The number of aromatic nitrogens is 4. The van der Waals surface area contributed by atoms with Gasteiger partial charge in [0, 0.05) is 6.20 Å². The predicted molar refractivity (Wildman–Crippen MR) is 43.7 cm³/mol. The van der Waals surface area contributed by atoms with Crippen molar-refractivity contribution in [3.05, 3.63) is 23.2 Å². The van der Waals surface area contributed by atoms with E-state index >= 15 is 0 Å². The maximum Gasteiger partial charge on any atom is 0.256 e. The SMILES string of the molecule is NCc1nnc2nccc(Cl)n12. The van der Waals surface area contributed by atoms with Crippen LogP contribution in [-0.2, 0) is 6.54 Å². The Balaban J connectivity index is 2.83. The van der Waals surface area contributed by atoms with Crippen LogP contribution in [0.15, 0.2) is 12.3 Å². The van der Waals surface area contributed by atoms with E-state index in [4.69, 9.17) is 17.3 Å². The summed E-state index contributed by atoms with van der Waals surface area (Å²) in [6.07, 6.45) is 1.58. The molecule has 0 radical (unpaired) electrons. The van der Waals surface area contributed by atoms with Crippen molar-refractivity contribution >= 4 is 17.4 Å². The highest BCUT2D eigenvalue weighted by Gasteiger charge is 2.06. The van der Waals surface area contributed by atoms with Crippen LogP contribution in [0.5, 0.6) is 0 Å². The Bertz CT molecular complexity index is 409. The van der Waals surface area contributed by atoms with Gasteiger partial charge in [-0.25, -0.2) is 4.98 Å². The Hall–Kier alpha value is -1.20. The minimum absolute atomic E-state index is 0.298. The molecule has 0 aromatic carbocycles. The van der Waals surface area contributed by atoms with Gasteiger partial charge in [0.15, 0.2) is 5.82 Å². The summed E-state index contributed by atoms with van der Waals surface area (Å²) in [5, 5.41) is 8.12. The molecule has 0 aliphatic carbocycles. The van der Waals surface area contributed by atoms with E-state index in [9.17, 15) is 0 Å². The molecule has 5 nitrogen and oxygen atoms in total. The molecule has 0 aliphatic heterocycles. The maximum atomic E-state index is 5.87. The Morgan fingerprint density at radius 2 is 2.33 bits per heavy atom. The van der Waals surface area contributed by atoms with Crippen LogP contribution >= 0.6 is 11.6 Å². The van der Waals surface area contributed by atoms with E-state index in [1.807, 2.05) is 0 Å². The molecule has 0 fully saturated rings. The highest BCUT2D eigenvalue weighted by atomic mass is 35.5. The lowest BCUT2D eigenvalue weighted by Crippen LogP contribution is -2.03. The first-order valence-electron chi connectivity index (χ1n) is 3.37. The fraction of sp³-hybridized carbons (Fsp3) is 0.167. The summed E-state index contributed by atoms with van der Waals surface area (Å²) in [5.41, 5.74) is 5.42. The van der Waals surface area contributed by atoms with Crippen molar-refractivity contribution in [1.82, 2.24) is 19.6 Å². The Morgan fingerprint density at radius 1 is 1.50 bits per heavy atom. The van der Waals surface area contributed by atoms with Crippen LogP contribution in [0.4, 0.5) is 0 Å². The standard InChI is InChI=1S/C6H6ClN5/c7-4-1-2-9-6-11-10-5(3-8)12(4)6/h1-2H,3,8H2. The number of nitrogens with two attached hydrogens (primary N) is 1. The van der Waals surface area contributed by atoms with E-state index in [0.717, 1.165) is 0 Å². The topological polar surface area (TPSA) is 69.1 Å². The quantitative estimate of drug-likeness (QED) is 0.643. The predicted octanol–water partition coefficient (Wildman–Crippen LogP) is 0.236. The summed E-state index contributed by atoms with van der Waals surface area (Å²) in [6, 6.07) is 1.66. The van der Waals surface area contributed by atoms with Gasteiger partial charge in [-0.3, -0.25) is 4.40 Å². The van der Waals surface area contributed by atoms with Crippen molar-refractivity contribution < 1.29 is 0 Å². The number of hydrogen-bond donors (Lipinski definition) is 1. The van der Waals surface area contributed by atoms with Crippen LogP contribution in [0.3, 0.4) is 0 Å². The van der Waals surface area contributed by atoms with Gasteiger partial charge in [-0.2, -0.15) is 0 Å². The van der Waals surface area contributed by atoms with E-state index < -0.39 is 0 Å². The van der Waals surface area contributed by atoms with Gasteiger partial charge in [0.25, 0.3) is 5.78 Å². The van der Waals surface area contributed by atoms with E-state index in [-0.39, 0.29) is 0 Å². The van der Waals surface area contributed by atoms with Crippen molar-refractivity contribution in [2.24, 2.45) is 5.73 Å². The molecule has 0 spiro atoms. The van der Waals surface area contributed by atoms with E-state index in [0.29, 0.717) is 23.3 Å². The first-order chi connectivity index (χ1) is 5.83. The number of hydrogen-bond acceptors (Lipinski definition) is 4. The third-order valence-electron chi connectivity index (χ3n) is 1.51. The van der Waals surface area contributed by atoms with Crippen molar-refractivity contribution in [2.45, 2.75) is 6.54 Å². The molecule has 2 aromatic rings. The number of nitrogens with zero attached hydrogens (tertiary/aromatic N) is 4. The van der Waals surface area contributed by atoms with Crippen LogP contribution < -0.4 is 5.73 Å². The summed E-state index contributed by atoms with van der Waals surface area (Å²) in [6.45, 7) is 0.298. The molecule has 0 atom stereocenters. The molecule has 2 N–H and O–H groups in total. The third kappa shape index (κ3) is 0.945. The lowest BCUT2D eigenvalue weighted by atomic mass is 10.6. The zero-order chi connectivity index (χ0) is 8.55. The molecule has 0 unspecified atom stereocenters. The summed E-state index contributed by atoms with van der Waals surface area (Å²) < 4.78 is 1.61.